The third kappa shape index (κ3) is 2.82. The number of benzene rings is 1. The number of anilines is 1. The summed E-state index contributed by atoms with van der Waals surface area (Å²) < 4.78 is 55.7. The lowest BCUT2D eigenvalue weighted by Gasteiger charge is -2.10. The zero-order valence-corrected chi connectivity index (χ0v) is 13.7. The van der Waals surface area contributed by atoms with Crippen molar-refractivity contribution in [1.82, 2.24) is 14.8 Å². The second-order valence-corrected chi connectivity index (χ2v) is 7.10. The van der Waals surface area contributed by atoms with Gasteiger partial charge in [-0.25, -0.2) is 26.9 Å². The Hall–Kier alpha value is -2.55. The van der Waals surface area contributed by atoms with Gasteiger partial charge < -0.3 is 0 Å². The van der Waals surface area contributed by atoms with Gasteiger partial charge in [-0.05, 0) is 32.0 Å². The Kier molecular flexibility index (Phi) is 3.96. The molecule has 0 radical (unpaired) electrons. The number of fused-ring (bicyclic) bond motifs is 1. The molecule has 2 aromatic heterocycles. The largest absolute Gasteiger partial charge is 0.278 e. The standard InChI is InChI=1S/C15H14F2N4O2S/c1-9(2)21-15-10(7-19-21)6-11(8-18-15)20-24(22,23)14-12(16)4-3-5-13(14)17/h3-9,20H,1-2H3. The Morgan fingerprint density at radius 3 is 2.46 bits per heavy atom. The van der Waals surface area contributed by atoms with Crippen LogP contribution in [0.4, 0.5) is 14.5 Å². The molecule has 0 amide bonds. The lowest BCUT2D eigenvalue weighted by Crippen LogP contribution is -2.16. The molecule has 126 valence electrons. The van der Waals surface area contributed by atoms with Crippen molar-refractivity contribution in [3.05, 3.63) is 48.3 Å². The molecule has 0 aliphatic rings. The van der Waals surface area contributed by atoms with Gasteiger partial charge in [0.05, 0.1) is 18.1 Å². The topological polar surface area (TPSA) is 76.9 Å². The van der Waals surface area contributed by atoms with Crippen LogP contribution in [0, 0.1) is 11.6 Å². The second-order valence-electron chi connectivity index (χ2n) is 5.48. The molecule has 1 aromatic carbocycles. The molecule has 0 atom stereocenters. The van der Waals surface area contributed by atoms with E-state index in [1.54, 1.807) is 10.9 Å². The number of nitrogens with one attached hydrogen (secondary N) is 1. The first kappa shape index (κ1) is 16.3. The van der Waals surface area contributed by atoms with Crippen molar-refractivity contribution >= 4 is 26.7 Å². The molecule has 0 aliphatic carbocycles. The Balaban J connectivity index is 2.00. The zero-order chi connectivity index (χ0) is 17.5. The summed E-state index contributed by atoms with van der Waals surface area (Å²) in [7, 11) is -4.42. The number of hydrogen-bond donors (Lipinski definition) is 1. The van der Waals surface area contributed by atoms with Crippen molar-refractivity contribution in [3.63, 3.8) is 0 Å². The first-order valence-electron chi connectivity index (χ1n) is 7.09. The van der Waals surface area contributed by atoms with E-state index < -0.39 is 26.6 Å². The first-order chi connectivity index (χ1) is 11.3. The van der Waals surface area contributed by atoms with Gasteiger partial charge in [0.15, 0.2) is 10.5 Å². The maximum Gasteiger partial charge on any atom is 0.267 e. The van der Waals surface area contributed by atoms with Gasteiger partial charge in [-0.15, -0.1) is 0 Å². The van der Waals surface area contributed by atoms with Crippen molar-refractivity contribution in [3.8, 4) is 0 Å². The van der Waals surface area contributed by atoms with Crippen LogP contribution < -0.4 is 4.72 Å². The smallest absolute Gasteiger partial charge is 0.267 e. The van der Waals surface area contributed by atoms with E-state index in [1.807, 2.05) is 13.8 Å². The van der Waals surface area contributed by atoms with Crippen LogP contribution in [0.15, 0.2) is 41.6 Å². The van der Waals surface area contributed by atoms with E-state index in [4.69, 9.17) is 0 Å². The summed E-state index contributed by atoms with van der Waals surface area (Å²) in [6.45, 7) is 3.87. The molecule has 6 nitrogen and oxygen atoms in total. The van der Waals surface area contributed by atoms with E-state index in [0.29, 0.717) is 11.0 Å². The number of pyridine rings is 1. The molecule has 3 aromatic rings. The average Bonchev–Trinajstić information content (AvgIpc) is 2.89. The molecule has 0 fully saturated rings. The molecule has 3 rings (SSSR count). The summed E-state index contributed by atoms with van der Waals surface area (Å²) >= 11 is 0. The molecule has 9 heteroatoms. The van der Waals surface area contributed by atoms with Crippen molar-refractivity contribution in [2.24, 2.45) is 0 Å². The molecule has 0 saturated heterocycles. The predicted octanol–water partition coefficient (Wildman–Crippen LogP) is 3.09. The summed E-state index contributed by atoms with van der Waals surface area (Å²) in [6.07, 6.45) is 2.82. The van der Waals surface area contributed by atoms with Gasteiger partial charge in [0.2, 0.25) is 0 Å². The van der Waals surface area contributed by atoms with E-state index in [1.165, 1.54) is 12.3 Å². The Morgan fingerprint density at radius 1 is 1.17 bits per heavy atom. The summed E-state index contributed by atoms with van der Waals surface area (Å²) in [6, 6.07) is 4.45. The van der Waals surface area contributed by atoms with Crippen molar-refractivity contribution < 1.29 is 17.2 Å². The van der Waals surface area contributed by atoms with E-state index >= 15 is 0 Å². The van der Waals surface area contributed by atoms with Gasteiger partial charge >= 0.3 is 0 Å². The molecule has 1 N–H and O–H groups in total. The maximum atomic E-state index is 13.7. The number of rotatable bonds is 4. The Morgan fingerprint density at radius 2 is 1.83 bits per heavy atom. The highest BCUT2D eigenvalue weighted by Gasteiger charge is 2.24. The molecule has 2 heterocycles. The average molecular weight is 352 g/mol. The number of hydrogen-bond acceptors (Lipinski definition) is 4. The molecule has 0 unspecified atom stereocenters. The normalized spacial score (nSPS) is 12.0. The van der Waals surface area contributed by atoms with Crippen LogP contribution in [0.5, 0.6) is 0 Å². The fraction of sp³-hybridized carbons (Fsp3) is 0.200. The van der Waals surface area contributed by atoms with Gasteiger partial charge in [0, 0.05) is 11.4 Å². The number of sulfonamides is 1. The van der Waals surface area contributed by atoms with E-state index in [2.05, 4.69) is 14.8 Å². The molecule has 24 heavy (non-hydrogen) atoms. The fourth-order valence-electron chi connectivity index (χ4n) is 2.32. The van der Waals surface area contributed by atoms with Gasteiger partial charge in [-0.1, -0.05) is 6.07 Å². The van der Waals surface area contributed by atoms with E-state index in [0.717, 1.165) is 18.2 Å². The van der Waals surface area contributed by atoms with Crippen LogP contribution in [-0.2, 0) is 10.0 Å². The van der Waals surface area contributed by atoms with E-state index in [9.17, 15) is 17.2 Å². The molecule has 0 aliphatic heterocycles. The highest BCUT2D eigenvalue weighted by Crippen LogP contribution is 2.24. The second kappa shape index (κ2) is 5.82. The molecular formula is C15H14F2N4O2S. The lowest BCUT2D eigenvalue weighted by molar-refractivity contribution is 0.521. The van der Waals surface area contributed by atoms with Gasteiger partial charge in [0.25, 0.3) is 10.0 Å². The van der Waals surface area contributed by atoms with E-state index in [-0.39, 0.29) is 11.7 Å². The molecule has 0 bridgehead atoms. The number of halogens is 2. The molecular weight excluding hydrogens is 338 g/mol. The summed E-state index contributed by atoms with van der Waals surface area (Å²) in [5.41, 5.74) is 0.679. The summed E-state index contributed by atoms with van der Waals surface area (Å²) in [5.74, 6) is -2.33. The van der Waals surface area contributed by atoms with Crippen LogP contribution in [0.3, 0.4) is 0 Å². The highest BCUT2D eigenvalue weighted by molar-refractivity contribution is 7.92. The van der Waals surface area contributed by atoms with Crippen LogP contribution in [0.1, 0.15) is 19.9 Å². The van der Waals surface area contributed by atoms with Crippen LogP contribution >= 0.6 is 0 Å². The molecule has 0 spiro atoms. The predicted molar refractivity (Wildman–Crippen MR) is 85.1 cm³/mol. The minimum Gasteiger partial charge on any atom is -0.278 e. The van der Waals surface area contributed by atoms with Crippen LogP contribution in [0.25, 0.3) is 11.0 Å². The van der Waals surface area contributed by atoms with Crippen molar-refractivity contribution in [1.29, 1.82) is 0 Å². The maximum absolute atomic E-state index is 13.7. The van der Waals surface area contributed by atoms with Gasteiger partial charge in [-0.3, -0.25) is 4.72 Å². The Labute approximate surface area is 137 Å². The highest BCUT2D eigenvalue weighted by atomic mass is 32.2. The van der Waals surface area contributed by atoms with Gasteiger partial charge in [0.1, 0.15) is 11.6 Å². The minimum atomic E-state index is -4.42. The third-order valence-corrected chi connectivity index (χ3v) is 4.79. The van der Waals surface area contributed by atoms with Crippen LogP contribution in [0.2, 0.25) is 0 Å². The zero-order valence-electron chi connectivity index (χ0n) is 12.9. The van der Waals surface area contributed by atoms with Gasteiger partial charge in [-0.2, -0.15) is 5.10 Å². The van der Waals surface area contributed by atoms with Crippen molar-refractivity contribution in [2.75, 3.05) is 4.72 Å². The number of aromatic nitrogens is 3. The summed E-state index contributed by atoms with van der Waals surface area (Å²) in [5, 5.41) is 4.78. The summed E-state index contributed by atoms with van der Waals surface area (Å²) in [4.78, 5) is 3.15. The first-order valence-corrected chi connectivity index (χ1v) is 8.58. The Bertz CT molecular complexity index is 995. The third-order valence-electron chi connectivity index (χ3n) is 3.36. The van der Waals surface area contributed by atoms with Crippen molar-refractivity contribution in [2.45, 2.75) is 24.8 Å². The fourth-order valence-corrected chi connectivity index (χ4v) is 3.49. The lowest BCUT2D eigenvalue weighted by atomic mass is 10.3. The monoisotopic (exact) mass is 352 g/mol. The minimum absolute atomic E-state index is 0.0880. The molecule has 0 saturated carbocycles. The quantitative estimate of drug-likeness (QED) is 0.783. The van der Waals surface area contributed by atoms with Crippen LogP contribution in [-0.4, -0.2) is 23.2 Å². The SMILES string of the molecule is CC(C)n1ncc2cc(NS(=O)(=O)c3c(F)cccc3F)cnc21. The number of nitrogens with zero attached hydrogens (tertiary/aromatic N) is 3.